The van der Waals surface area contributed by atoms with Gasteiger partial charge in [-0.3, -0.25) is 0 Å². The first kappa shape index (κ1) is 10.2. The molecule has 1 atom stereocenters. The highest BCUT2D eigenvalue weighted by molar-refractivity contribution is 5.44. The molecule has 86 valence electrons. The first-order valence-electron chi connectivity index (χ1n) is 6.40. The minimum Gasteiger partial charge on any atom is -0.508 e. The summed E-state index contributed by atoms with van der Waals surface area (Å²) in [4.78, 5) is 0. The molecule has 0 spiro atoms. The first-order valence-corrected chi connectivity index (χ1v) is 6.40. The normalized spacial score (nSPS) is 25.6. The van der Waals surface area contributed by atoms with Crippen LogP contribution in [-0.2, 0) is 6.54 Å². The van der Waals surface area contributed by atoms with E-state index in [1.807, 2.05) is 6.07 Å². The molecule has 1 aliphatic heterocycles. The van der Waals surface area contributed by atoms with Crippen molar-refractivity contribution in [2.45, 2.75) is 44.7 Å². The van der Waals surface area contributed by atoms with Gasteiger partial charge in [0.05, 0.1) is 0 Å². The number of hydrogen-bond donors (Lipinski definition) is 2. The van der Waals surface area contributed by atoms with Gasteiger partial charge >= 0.3 is 0 Å². The van der Waals surface area contributed by atoms with Gasteiger partial charge in [-0.1, -0.05) is 31.4 Å². The quantitative estimate of drug-likeness (QED) is 0.757. The summed E-state index contributed by atoms with van der Waals surface area (Å²) < 4.78 is 0. The van der Waals surface area contributed by atoms with Crippen molar-refractivity contribution in [3.8, 4) is 5.75 Å². The monoisotopic (exact) mass is 217 g/mol. The van der Waals surface area contributed by atoms with Gasteiger partial charge in [0.15, 0.2) is 0 Å². The van der Waals surface area contributed by atoms with Gasteiger partial charge in [-0.2, -0.15) is 0 Å². The molecule has 1 heterocycles. The molecule has 0 bridgehead atoms. The van der Waals surface area contributed by atoms with E-state index in [2.05, 4.69) is 11.4 Å². The number of nitrogens with one attached hydrogen (secondary N) is 1. The van der Waals surface area contributed by atoms with E-state index in [1.165, 1.54) is 37.7 Å². The van der Waals surface area contributed by atoms with Gasteiger partial charge < -0.3 is 10.4 Å². The first-order chi connectivity index (χ1) is 7.86. The van der Waals surface area contributed by atoms with Crippen LogP contribution in [0.1, 0.15) is 49.3 Å². The molecule has 16 heavy (non-hydrogen) atoms. The van der Waals surface area contributed by atoms with Crippen LogP contribution in [0.15, 0.2) is 18.2 Å². The third-order valence-corrected chi connectivity index (χ3v) is 4.14. The molecule has 1 fully saturated rings. The standard InChI is InChI=1S/C14H19NO/c16-13-8-4-7-11-12(13)9-15-14(11)10-5-2-1-3-6-10/h4,7-8,10,14-16H,1-3,5-6,9H2. The molecular formula is C14H19NO. The summed E-state index contributed by atoms with van der Waals surface area (Å²) in [5, 5.41) is 13.4. The Kier molecular flexibility index (Phi) is 2.60. The minimum atomic E-state index is 0.461. The van der Waals surface area contributed by atoms with E-state index in [0.717, 1.165) is 18.0 Å². The van der Waals surface area contributed by atoms with Crippen LogP contribution in [-0.4, -0.2) is 5.11 Å². The van der Waals surface area contributed by atoms with Crippen LogP contribution < -0.4 is 5.32 Å². The largest absolute Gasteiger partial charge is 0.508 e. The lowest BCUT2D eigenvalue weighted by Gasteiger charge is -2.28. The van der Waals surface area contributed by atoms with Crippen LogP contribution in [0.25, 0.3) is 0 Å². The van der Waals surface area contributed by atoms with Gasteiger partial charge in [0.1, 0.15) is 5.75 Å². The maximum Gasteiger partial charge on any atom is 0.120 e. The molecule has 2 nitrogen and oxygen atoms in total. The Morgan fingerprint density at radius 1 is 1.12 bits per heavy atom. The molecule has 2 aliphatic rings. The molecule has 0 saturated heterocycles. The Labute approximate surface area is 96.7 Å². The lowest BCUT2D eigenvalue weighted by molar-refractivity contribution is 0.282. The number of aromatic hydroxyl groups is 1. The fourth-order valence-electron chi connectivity index (χ4n) is 3.29. The second-order valence-corrected chi connectivity index (χ2v) is 5.10. The third-order valence-electron chi connectivity index (χ3n) is 4.14. The number of rotatable bonds is 1. The van der Waals surface area contributed by atoms with Crippen molar-refractivity contribution < 1.29 is 5.11 Å². The topological polar surface area (TPSA) is 32.3 Å². The van der Waals surface area contributed by atoms with Crippen LogP contribution in [0, 0.1) is 5.92 Å². The molecule has 3 rings (SSSR count). The summed E-state index contributed by atoms with van der Waals surface area (Å²) in [5.41, 5.74) is 2.46. The van der Waals surface area contributed by atoms with Crippen LogP contribution in [0.3, 0.4) is 0 Å². The van der Waals surface area contributed by atoms with E-state index in [9.17, 15) is 5.11 Å². The van der Waals surface area contributed by atoms with Crippen molar-refractivity contribution >= 4 is 0 Å². The predicted molar refractivity (Wildman–Crippen MR) is 64.3 cm³/mol. The molecular weight excluding hydrogens is 198 g/mol. The molecule has 1 saturated carbocycles. The van der Waals surface area contributed by atoms with Crippen LogP contribution >= 0.6 is 0 Å². The lowest BCUT2D eigenvalue weighted by Crippen LogP contribution is -2.23. The average molecular weight is 217 g/mol. The van der Waals surface area contributed by atoms with E-state index >= 15 is 0 Å². The fourth-order valence-corrected chi connectivity index (χ4v) is 3.29. The van der Waals surface area contributed by atoms with Gasteiger partial charge in [-0.05, 0) is 30.4 Å². The van der Waals surface area contributed by atoms with Crippen LogP contribution in [0.2, 0.25) is 0 Å². The van der Waals surface area contributed by atoms with Crippen molar-refractivity contribution in [3.05, 3.63) is 29.3 Å². The van der Waals surface area contributed by atoms with E-state index in [0.29, 0.717) is 11.8 Å². The van der Waals surface area contributed by atoms with Gasteiger partial charge in [0.2, 0.25) is 0 Å². The Hall–Kier alpha value is -1.02. The molecule has 0 aromatic heterocycles. The summed E-state index contributed by atoms with van der Waals surface area (Å²) in [5.74, 6) is 1.24. The van der Waals surface area contributed by atoms with Crippen LogP contribution in [0.4, 0.5) is 0 Å². The average Bonchev–Trinajstić information content (AvgIpc) is 2.75. The molecule has 0 radical (unpaired) electrons. The summed E-state index contributed by atoms with van der Waals surface area (Å²) in [6, 6.07) is 6.43. The molecule has 0 amide bonds. The lowest BCUT2D eigenvalue weighted by atomic mass is 9.81. The molecule has 1 aliphatic carbocycles. The zero-order chi connectivity index (χ0) is 11.0. The number of phenolic OH excluding ortho intramolecular Hbond substituents is 1. The summed E-state index contributed by atoms with van der Waals surface area (Å²) >= 11 is 0. The number of hydrogen-bond acceptors (Lipinski definition) is 2. The molecule has 1 aromatic carbocycles. The van der Waals surface area contributed by atoms with E-state index in [-0.39, 0.29) is 0 Å². The second kappa shape index (κ2) is 4.10. The second-order valence-electron chi connectivity index (χ2n) is 5.10. The zero-order valence-corrected chi connectivity index (χ0v) is 9.58. The molecule has 2 N–H and O–H groups in total. The van der Waals surface area contributed by atoms with Gasteiger partial charge in [-0.15, -0.1) is 0 Å². The van der Waals surface area contributed by atoms with Crippen molar-refractivity contribution in [1.82, 2.24) is 5.32 Å². The van der Waals surface area contributed by atoms with E-state index in [4.69, 9.17) is 0 Å². The highest BCUT2D eigenvalue weighted by Crippen LogP contribution is 2.40. The van der Waals surface area contributed by atoms with E-state index < -0.39 is 0 Å². The Bertz CT molecular complexity index is 382. The Morgan fingerprint density at radius 3 is 2.75 bits per heavy atom. The highest BCUT2D eigenvalue weighted by Gasteiger charge is 2.31. The van der Waals surface area contributed by atoms with E-state index in [1.54, 1.807) is 6.07 Å². The maximum absolute atomic E-state index is 9.81. The van der Waals surface area contributed by atoms with Crippen molar-refractivity contribution in [2.24, 2.45) is 5.92 Å². The summed E-state index contributed by atoms with van der Waals surface area (Å²) in [7, 11) is 0. The number of fused-ring (bicyclic) bond motifs is 1. The molecule has 1 unspecified atom stereocenters. The van der Waals surface area contributed by atoms with Crippen LogP contribution in [0.5, 0.6) is 5.75 Å². The Balaban J connectivity index is 1.87. The smallest absolute Gasteiger partial charge is 0.120 e. The third kappa shape index (κ3) is 1.61. The van der Waals surface area contributed by atoms with Crippen molar-refractivity contribution in [3.63, 3.8) is 0 Å². The molecule has 1 aromatic rings. The van der Waals surface area contributed by atoms with Gasteiger partial charge in [-0.25, -0.2) is 0 Å². The zero-order valence-electron chi connectivity index (χ0n) is 9.58. The summed E-state index contributed by atoms with van der Waals surface area (Å²) in [6.45, 7) is 0.836. The SMILES string of the molecule is Oc1cccc2c1CNC2C1CCCCC1. The van der Waals surface area contributed by atoms with Gasteiger partial charge in [0.25, 0.3) is 0 Å². The minimum absolute atomic E-state index is 0.461. The van der Waals surface area contributed by atoms with Gasteiger partial charge in [0, 0.05) is 18.2 Å². The number of benzene rings is 1. The van der Waals surface area contributed by atoms with Crippen molar-refractivity contribution in [2.75, 3.05) is 0 Å². The molecule has 2 heteroatoms. The summed E-state index contributed by atoms with van der Waals surface area (Å²) in [6.07, 6.45) is 6.82. The predicted octanol–water partition coefficient (Wildman–Crippen LogP) is 3.12. The number of phenols is 1. The highest BCUT2D eigenvalue weighted by atomic mass is 16.3. The van der Waals surface area contributed by atoms with Crippen molar-refractivity contribution in [1.29, 1.82) is 0 Å². The maximum atomic E-state index is 9.81. The Morgan fingerprint density at radius 2 is 1.94 bits per heavy atom. The fraction of sp³-hybridized carbons (Fsp3) is 0.571.